The Bertz CT molecular complexity index is 365. The fourth-order valence-corrected chi connectivity index (χ4v) is 1.80. The van der Waals surface area contributed by atoms with E-state index in [-0.39, 0.29) is 5.69 Å². The van der Waals surface area contributed by atoms with Crippen LogP contribution in [0.1, 0.15) is 12.5 Å². The van der Waals surface area contributed by atoms with Crippen LogP contribution in [-0.4, -0.2) is 18.1 Å². The lowest BCUT2D eigenvalue weighted by atomic mass is 10.2. The van der Waals surface area contributed by atoms with Gasteiger partial charge in [-0.1, -0.05) is 6.92 Å². The molecule has 0 unspecified atom stereocenters. The van der Waals surface area contributed by atoms with E-state index >= 15 is 0 Å². The molecule has 0 heterocycles. The van der Waals surface area contributed by atoms with Crippen molar-refractivity contribution >= 4 is 17.4 Å². The predicted molar refractivity (Wildman–Crippen MR) is 62.9 cm³/mol. The Hall–Kier alpha value is -0.910. The molecule has 0 aliphatic carbocycles. The molecule has 0 atom stereocenters. The van der Waals surface area contributed by atoms with E-state index in [4.69, 9.17) is 0 Å². The average molecular weight is 267 g/mol. The first-order chi connectivity index (χ1) is 7.95. The van der Waals surface area contributed by atoms with Crippen molar-refractivity contribution in [2.24, 2.45) is 0 Å². The average Bonchev–Trinajstić information content (AvgIpc) is 2.25. The molecule has 0 saturated heterocycles. The molecule has 0 saturated carbocycles. The molecule has 6 heteroatoms. The van der Waals surface area contributed by atoms with Crippen LogP contribution in [0.5, 0.6) is 0 Å². The van der Waals surface area contributed by atoms with Gasteiger partial charge in [-0.2, -0.15) is 24.9 Å². The van der Waals surface area contributed by atoms with E-state index in [9.17, 15) is 17.6 Å². The van der Waals surface area contributed by atoms with Crippen molar-refractivity contribution in [2.75, 3.05) is 23.4 Å². The summed E-state index contributed by atoms with van der Waals surface area (Å²) in [6.45, 7) is 2.56. The van der Waals surface area contributed by atoms with E-state index in [2.05, 4.69) is 5.32 Å². The summed E-state index contributed by atoms with van der Waals surface area (Å²) in [6.07, 6.45) is -4.65. The Balaban J connectivity index is 2.69. The molecule has 0 amide bonds. The van der Waals surface area contributed by atoms with E-state index in [0.717, 1.165) is 23.6 Å². The van der Waals surface area contributed by atoms with Gasteiger partial charge in [0.1, 0.15) is 5.82 Å². The summed E-state index contributed by atoms with van der Waals surface area (Å²) in [4.78, 5) is 0. The standard InChI is InChI=1S/C11H13F4NS/c1-2-17-6-5-16-8-3-4-10(12)9(7-8)11(13,14)15/h3-4,7,16H,2,5-6H2,1H3. The molecule has 1 aromatic rings. The number of halogens is 4. The van der Waals surface area contributed by atoms with Gasteiger partial charge in [0.15, 0.2) is 0 Å². The highest BCUT2D eigenvalue weighted by Gasteiger charge is 2.34. The number of rotatable bonds is 5. The number of anilines is 1. The molecule has 0 aliphatic heterocycles. The van der Waals surface area contributed by atoms with Gasteiger partial charge in [-0.15, -0.1) is 0 Å². The van der Waals surface area contributed by atoms with Gasteiger partial charge < -0.3 is 5.32 Å². The zero-order valence-corrected chi connectivity index (χ0v) is 10.1. The Labute approximate surface area is 102 Å². The van der Waals surface area contributed by atoms with E-state index < -0.39 is 17.6 Å². The third-order valence-corrected chi connectivity index (χ3v) is 2.95. The van der Waals surface area contributed by atoms with Crippen LogP contribution < -0.4 is 5.32 Å². The Morgan fingerprint density at radius 2 is 2.00 bits per heavy atom. The van der Waals surface area contributed by atoms with Crippen LogP contribution in [0.25, 0.3) is 0 Å². The second-order valence-corrected chi connectivity index (χ2v) is 4.71. The molecular formula is C11H13F4NS. The quantitative estimate of drug-likeness (QED) is 0.639. The van der Waals surface area contributed by atoms with E-state index in [0.29, 0.717) is 6.54 Å². The second kappa shape index (κ2) is 6.14. The number of nitrogens with one attached hydrogen (secondary N) is 1. The summed E-state index contributed by atoms with van der Waals surface area (Å²) in [6, 6.07) is 2.94. The Kier molecular flexibility index (Phi) is 5.11. The zero-order chi connectivity index (χ0) is 12.9. The first-order valence-corrected chi connectivity index (χ1v) is 6.29. The van der Waals surface area contributed by atoms with E-state index in [1.165, 1.54) is 6.07 Å². The molecule has 17 heavy (non-hydrogen) atoms. The summed E-state index contributed by atoms with van der Waals surface area (Å²) < 4.78 is 50.2. The highest BCUT2D eigenvalue weighted by Crippen LogP contribution is 2.32. The van der Waals surface area contributed by atoms with Crippen molar-refractivity contribution in [1.82, 2.24) is 0 Å². The third kappa shape index (κ3) is 4.46. The highest BCUT2D eigenvalue weighted by molar-refractivity contribution is 7.99. The van der Waals surface area contributed by atoms with Gasteiger partial charge in [-0.25, -0.2) is 4.39 Å². The summed E-state index contributed by atoms with van der Waals surface area (Å²) >= 11 is 1.68. The van der Waals surface area contributed by atoms with Gasteiger partial charge in [-0.3, -0.25) is 0 Å². The lowest BCUT2D eigenvalue weighted by Crippen LogP contribution is -2.10. The smallest absolute Gasteiger partial charge is 0.384 e. The maximum Gasteiger partial charge on any atom is 0.419 e. The number of alkyl halides is 3. The van der Waals surface area contributed by atoms with Crippen molar-refractivity contribution in [1.29, 1.82) is 0 Å². The van der Waals surface area contributed by atoms with Crippen molar-refractivity contribution in [3.63, 3.8) is 0 Å². The number of hydrogen-bond acceptors (Lipinski definition) is 2. The minimum Gasteiger partial charge on any atom is -0.384 e. The van der Waals surface area contributed by atoms with Crippen LogP contribution in [0, 0.1) is 5.82 Å². The fraction of sp³-hybridized carbons (Fsp3) is 0.455. The topological polar surface area (TPSA) is 12.0 Å². The molecular weight excluding hydrogens is 254 g/mol. The van der Waals surface area contributed by atoms with Crippen molar-refractivity contribution in [3.05, 3.63) is 29.6 Å². The summed E-state index contributed by atoms with van der Waals surface area (Å²) in [5, 5.41) is 2.83. The fourth-order valence-electron chi connectivity index (χ4n) is 1.26. The summed E-state index contributed by atoms with van der Waals surface area (Å²) in [5.41, 5.74) is -0.943. The first kappa shape index (κ1) is 14.2. The molecule has 0 radical (unpaired) electrons. The molecule has 0 fully saturated rings. The predicted octanol–water partition coefficient (Wildman–Crippen LogP) is 4.01. The third-order valence-electron chi connectivity index (χ3n) is 2.05. The molecule has 0 bridgehead atoms. The number of benzene rings is 1. The SMILES string of the molecule is CCSCCNc1ccc(F)c(C(F)(F)F)c1. The van der Waals surface area contributed by atoms with E-state index in [1.807, 2.05) is 6.92 Å². The zero-order valence-electron chi connectivity index (χ0n) is 9.27. The molecule has 1 N–H and O–H groups in total. The molecule has 96 valence electrons. The van der Waals surface area contributed by atoms with Gasteiger partial charge in [0.05, 0.1) is 5.56 Å². The van der Waals surface area contributed by atoms with E-state index in [1.54, 1.807) is 11.8 Å². The lowest BCUT2D eigenvalue weighted by Gasteiger charge is -2.11. The molecule has 1 nitrogen and oxygen atoms in total. The summed E-state index contributed by atoms with van der Waals surface area (Å²) in [7, 11) is 0. The van der Waals surface area contributed by atoms with Crippen LogP contribution >= 0.6 is 11.8 Å². The van der Waals surface area contributed by atoms with Crippen LogP contribution in [0.3, 0.4) is 0 Å². The van der Waals surface area contributed by atoms with Crippen LogP contribution in [0.15, 0.2) is 18.2 Å². The number of hydrogen-bond donors (Lipinski definition) is 1. The van der Waals surface area contributed by atoms with Gasteiger partial charge in [0, 0.05) is 18.0 Å². The maximum atomic E-state index is 13.0. The molecule has 0 aromatic heterocycles. The molecule has 0 spiro atoms. The molecule has 0 aliphatic rings. The Morgan fingerprint density at radius 3 is 2.59 bits per heavy atom. The lowest BCUT2D eigenvalue weighted by molar-refractivity contribution is -0.139. The maximum absolute atomic E-state index is 13.0. The molecule has 1 aromatic carbocycles. The summed E-state index contributed by atoms with van der Waals surface area (Å²) in [5.74, 6) is 0.514. The first-order valence-electron chi connectivity index (χ1n) is 5.13. The monoisotopic (exact) mass is 267 g/mol. The van der Waals surface area contributed by atoms with Gasteiger partial charge in [0.2, 0.25) is 0 Å². The second-order valence-electron chi connectivity index (χ2n) is 3.32. The van der Waals surface area contributed by atoms with Crippen LogP contribution in [0.2, 0.25) is 0 Å². The number of thioether (sulfide) groups is 1. The van der Waals surface area contributed by atoms with Gasteiger partial charge in [0.25, 0.3) is 0 Å². The van der Waals surface area contributed by atoms with Crippen molar-refractivity contribution in [3.8, 4) is 0 Å². The highest BCUT2D eigenvalue weighted by atomic mass is 32.2. The Morgan fingerprint density at radius 1 is 1.29 bits per heavy atom. The van der Waals surface area contributed by atoms with Crippen LogP contribution in [-0.2, 0) is 6.18 Å². The molecule has 1 rings (SSSR count). The van der Waals surface area contributed by atoms with Gasteiger partial charge in [-0.05, 0) is 24.0 Å². The van der Waals surface area contributed by atoms with Gasteiger partial charge >= 0.3 is 6.18 Å². The minimum atomic E-state index is -4.65. The van der Waals surface area contributed by atoms with Crippen molar-refractivity contribution in [2.45, 2.75) is 13.1 Å². The van der Waals surface area contributed by atoms with Crippen LogP contribution in [0.4, 0.5) is 23.2 Å². The largest absolute Gasteiger partial charge is 0.419 e. The normalized spacial score (nSPS) is 11.6. The van der Waals surface area contributed by atoms with Crippen molar-refractivity contribution < 1.29 is 17.6 Å². The minimum absolute atomic E-state index is 0.287.